The zero-order chi connectivity index (χ0) is 14.8. The van der Waals surface area contributed by atoms with Gasteiger partial charge in [-0.2, -0.15) is 0 Å². The summed E-state index contributed by atoms with van der Waals surface area (Å²) in [7, 11) is 0. The molecule has 116 valence electrons. The fraction of sp³-hybridized carbons (Fsp3) is 0.714. The Morgan fingerprint density at radius 2 is 1.19 bits per heavy atom. The Kier molecular flexibility index (Phi) is 4.72. The first kappa shape index (κ1) is 15.1. The van der Waals surface area contributed by atoms with Crippen LogP contribution in [-0.2, 0) is 0 Å². The van der Waals surface area contributed by atoms with E-state index in [1.54, 1.807) is 27.8 Å². The minimum absolute atomic E-state index is 0.848. The summed E-state index contributed by atoms with van der Waals surface area (Å²) in [5.74, 6) is 1.70. The van der Waals surface area contributed by atoms with Crippen LogP contribution < -0.4 is 0 Å². The molecule has 2 fully saturated rings. The summed E-state index contributed by atoms with van der Waals surface area (Å²) in [6, 6.07) is 2.53. The largest absolute Gasteiger partial charge is 0.0553 e. The van der Waals surface area contributed by atoms with Gasteiger partial charge in [-0.05, 0) is 86.1 Å². The van der Waals surface area contributed by atoms with E-state index >= 15 is 0 Å². The summed E-state index contributed by atoms with van der Waals surface area (Å²) in [4.78, 5) is 0. The number of hydrogen-bond acceptors (Lipinski definition) is 0. The van der Waals surface area contributed by atoms with Crippen LogP contribution >= 0.6 is 0 Å². The fourth-order valence-electron chi connectivity index (χ4n) is 4.94. The van der Waals surface area contributed by atoms with Crippen molar-refractivity contribution in [3.63, 3.8) is 0 Å². The molecule has 0 atom stereocenters. The standard InChI is InChI=1S/C21H32/c1-15-14-20(18-10-6-4-7-11-18)17(3)21(16(15)2)19-12-8-5-9-13-19/h14,18-19H,4-13H2,1-3H3. The summed E-state index contributed by atoms with van der Waals surface area (Å²) in [6.07, 6.45) is 14.4. The molecule has 0 radical (unpaired) electrons. The average Bonchev–Trinajstić information content (AvgIpc) is 2.53. The highest BCUT2D eigenvalue weighted by molar-refractivity contribution is 5.48. The molecule has 1 aromatic carbocycles. The molecule has 0 N–H and O–H groups in total. The molecule has 0 spiro atoms. The van der Waals surface area contributed by atoms with E-state index in [2.05, 4.69) is 26.8 Å². The molecule has 0 amide bonds. The molecule has 0 bridgehead atoms. The molecule has 21 heavy (non-hydrogen) atoms. The SMILES string of the molecule is Cc1cc(C2CCCCC2)c(C)c(C2CCCCC2)c1C. The first-order chi connectivity index (χ1) is 10.2. The van der Waals surface area contributed by atoms with Crippen molar-refractivity contribution < 1.29 is 0 Å². The smallest absolute Gasteiger partial charge is 0.0157 e. The van der Waals surface area contributed by atoms with Gasteiger partial charge in [0.15, 0.2) is 0 Å². The van der Waals surface area contributed by atoms with Crippen molar-refractivity contribution in [3.05, 3.63) is 33.9 Å². The lowest BCUT2D eigenvalue weighted by Gasteiger charge is -2.31. The zero-order valence-electron chi connectivity index (χ0n) is 14.3. The van der Waals surface area contributed by atoms with Crippen LogP contribution in [0.25, 0.3) is 0 Å². The van der Waals surface area contributed by atoms with E-state index in [1.165, 1.54) is 64.2 Å². The van der Waals surface area contributed by atoms with Gasteiger partial charge < -0.3 is 0 Å². The molecule has 0 saturated heterocycles. The molecule has 0 unspecified atom stereocenters. The molecule has 0 aliphatic heterocycles. The summed E-state index contributed by atoms with van der Waals surface area (Å²) in [5.41, 5.74) is 8.26. The highest BCUT2D eigenvalue weighted by Crippen LogP contribution is 2.42. The van der Waals surface area contributed by atoms with Crippen LogP contribution in [-0.4, -0.2) is 0 Å². The van der Waals surface area contributed by atoms with Gasteiger partial charge in [0.25, 0.3) is 0 Å². The van der Waals surface area contributed by atoms with Crippen LogP contribution in [0.3, 0.4) is 0 Å². The van der Waals surface area contributed by atoms with Gasteiger partial charge in [0, 0.05) is 0 Å². The van der Waals surface area contributed by atoms with Gasteiger partial charge in [-0.3, -0.25) is 0 Å². The first-order valence-electron chi connectivity index (χ1n) is 9.29. The molecule has 0 nitrogen and oxygen atoms in total. The molecular weight excluding hydrogens is 252 g/mol. The van der Waals surface area contributed by atoms with Crippen molar-refractivity contribution in [1.82, 2.24) is 0 Å². The van der Waals surface area contributed by atoms with Gasteiger partial charge in [-0.25, -0.2) is 0 Å². The lowest BCUT2D eigenvalue weighted by molar-refractivity contribution is 0.432. The topological polar surface area (TPSA) is 0 Å². The highest BCUT2D eigenvalue weighted by Gasteiger charge is 2.25. The number of aryl methyl sites for hydroxylation is 1. The molecule has 2 saturated carbocycles. The van der Waals surface area contributed by atoms with Gasteiger partial charge in [0.2, 0.25) is 0 Å². The van der Waals surface area contributed by atoms with Crippen LogP contribution in [0.4, 0.5) is 0 Å². The molecular formula is C21H32. The maximum atomic E-state index is 2.53. The minimum Gasteiger partial charge on any atom is -0.0553 e. The zero-order valence-corrected chi connectivity index (χ0v) is 14.3. The second-order valence-electron chi connectivity index (χ2n) is 7.62. The van der Waals surface area contributed by atoms with E-state index in [1.807, 2.05) is 0 Å². The van der Waals surface area contributed by atoms with Gasteiger partial charge in [-0.1, -0.05) is 44.6 Å². The van der Waals surface area contributed by atoms with E-state index in [4.69, 9.17) is 0 Å². The summed E-state index contributed by atoms with van der Waals surface area (Å²) >= 11 is 0. The average molecular weight is 284 g/mol. The molecule has 2 aliphatic carbocycles. The summed E-state index contributed by atoms with van der Waals surface area (Å²) < 4.78 is 0. The van der Waals surface area contributed by atoms with E-state index < -0.39 is 0 Å². The third-order valence-electron chi connectivity index (χ3n) is 6.26. The summed E-state index contributed by atoms with van der Waals surface area (Å²) in [5, 5.41) is 0. The maximum Gasteiger partial charge on any atom is -0.0157 e. The molecule has 0 heterocycles. The van der Waals surface area contributed by atoms with Crippen molar-refractivity contribution in [2.75, 3.05) is 0 Å². The van der Waals surface area contributed by atoms with Crippen molar-refractivity contribution in [3.8, 4) is 0 Å². The Bertz CT molecular complexity index is 485. The van der Waals surface area contributed by atoms with Crippen molar-refractivity contribution in [2.45, 2.75) is 96.8 Å². The Hall–Kier alpha value is -0.780. The second-order valence-corrected chi connectivity index (χ2v) is 7.62. The van der Waals surface area contributed by atoms with Crippen molar-refractivity contribution in [1.29, 1.82) is 0 Å². The molecule has 0 heteroatoms. The predicted octanol–water partition coefficient (Wildman–Crippen LogP) is 6.71. The van der Waals surface area contributed by atoms with Crippen LogP contribution in [0.2, 0.25) is 0 Å². The normalized spacial score (nSPS) is 21.7. The third-order valence-corrected chi connectivity index (χ3v) is 6.26. The van der Waals surface area contributed by atoms with E-state index in [-0.39, 0.29) is 0 Å². The van der Waals surface area contributed by atoms with E-state index in [0.717, 1.165) is 11.8 Å². The van der Waals surface area contributed by atoms with Crippen LogP contribution in [0, 0.1) is 20.8 Å². The number of benzene rings is 1. The Labute approximate surface area is 131 Å². The summed E-state index contributed by atoms with van der Waals surface area (Å²) in [6.45, 7) is 7.14. The molecule has 3 rings (SSSR count). The fourth-order valence-corrected chi connectivity index (χ4v) is 4.94. The molecule has 0 aromatic heterocycles. The highest BCUT2D eigenvalue weighted by atomic mass is 14.3. The number of rotatable bonds is 2. The maximum absolute atomic E-state index is 2.53. The van der Waals surface area contributed by atoms with Gasteiger partial charge in [0.05, 0.1) is 0 Å². The lowest BCUT2D eigenvalue weighted by Crippen LogP contribution is -2.13. The molecule has 1 aromatic rings. The van der Waals surface area contributed by atoms with Gasteiger partial charge in [-0.15, -0.1) is 0 Å². The predicted molar refractivity (Wildman–Crippen MR) is 92.3 cm³/mol. The first-order valence-corrected chi connectivity index (χ1v) is 9.29. The van der Waals surface area contributed by atoms with Crippen molar-refractivity contribution in [2.24, 2.45) is 0 Å². The number of hydrogen-bond donors (Lipinski definition) is 0. The Morgan fingerprint density at radius 1 is 0.667 bits per heavy atom. The van der Waals surface area contributed by atoms with Gasteiger partial charge in [0.1, 0.15) is 0 Å². The minimum atomic E-state index is 0.848. The lowest BCUT2D eigenvalue weighted by atomic mass is 9.74. The monoisotopic (exact) mass is 284 g/mol. The Balaban J connectivity index is 1.99. The van der Waals surface area contributed by atoms with Crippen LogP contribution in [0.5, 0.6) is 0 Å². The van der Waals surface area contributed by atoms with Crippen molar-refractivity contribution >= 4 is 0 Å². The third kappa shape index (κ3) is 3.05. The van der Waals surface area contributed by atoms with Gasteiger partial charge >= 0.3 is 0 Å². The van der Waals surface area contributed by atoms with E-state index in [0.29, 0.717) is 0 Å². The molecule has 2 aliphatic rings. The second kappa shape index (κ2) is 6.55. The van der Waals surface area contributed by atoms with Crippen LogP contribution in [0.15, 0.2) is 6.07 Å². The van der Waals surface area contributed by atoms with E-state index in [9.17, 15) is 0 Å². The van der Waals surface area contributed by atoms with Crippen LogP contribution in [0.1, 0.15) is 104 Å². The Morgan fingerprint density at radius 3 is 1.76 bits per heavy atom. The quantitative estimate of drug-likeness (QED) is 0.566.